The SMILES string of the molecule is CCC(CC)n1ncc(C)c1NC(=O)CC[C@@H]1NC(=O)NC1=O. The van der Waals surface area contributed by atoms with Crippen LogP contribution in [0.25, 0.3) is 0 Å². The highest BCUT2D eigenvalue weighted by atomic mass is 16.2. The van der Waals surface area contributed by atoms with Crippen LogP contribution in [-0.4, -0.2) is 33.7 Å². The molecule has 8 heteroatoms. The summed E-state index contributed by atoms with van der Waals surface area (Å²) in [5, 5.41) is 11.9. The topological polar surface area (TPSA) is 105 Å². The first-order chi connectivity index (χ1) is 11.0. The van der Waals surface area contributed by atoms with Gasteiger partial charge in [0.1, 0.15) is 11.9 Å². The summed E-state index contributed by atoms with van der Waals surface area (Å²) in [5.74, 6) is 0.111. The normalized spacial score (nSPS) is 17.3. The average Bonchev–Trinajstić information content (AvgIpc) is 3.02. The van der Waals surface area contributed by atoms with Crippen LogP contribution in [0.2, 0.25) is 0 Å². The smallest absolute Gasteiger partial charge is 0.322 e. The fourth-order valence-corrected chi connectivity index (χ4v) is 2.65. The van der Waals surface area contributed by atoms with Gasteiger partial charge in [-0.1, -0.05) is 13.8 Å². The first-order valence-electron chi connectivity index (χ1n) is 7.91. The Bertz CT molecular complexity index is 606. The number of nitrogens with one attached hydrogen (secondary N) is 3. The zero-order valence-corrected chi connectivity index (χ0v) is 13.7. The molecule has 4 amide bonds. The highest BCUT2D eigenvalue weighted by molar-refractivity contribution is 6.04. The van der Waals surface area contributed by atoms with Crippen molar-refractivity contribution in [1.82, 2.24) is 20.4 Å². The number of carbonyl (C=O) groups excluding carboxylic acids is 3. The molecule has 1 saturated heterocycles. The van der Waals surface area contributed by atoms with Crippen LogP contribution in [0.5, 0.6) is 0 Å². The van der Waals surface area contributed by atoms with Crippen molar-refractivity contribution in [2.45, 2.75) is 58.5 Å². The van der Waals surface area contributed by atoms with E-state index in [4.69, 9.17) is 0 Å². The number of aryl methyl sites for hydroxylation is 1. The number of urea groups is 1. The standard InChI is InChI=1S/C15H23N5O3/c1-4-10(5-2)20-13(9(3)8-16-20)18-12(21)7-6-11-14(22)19-15(23)17-11/h8,10-11H,4-7H2,1-3H3,(H,18,21)(H2,17,19,22,23)/t11-/m0/s1. The zero-order chi connectivity index (χ0) is 17.0. The third-order valence-corrected chi connectivity index (χ3v) is 4.04. The number of hydrogen-bond donors (Lipinski definition) is 3. The molecule has 1 aromatic heterocycles. The molecule has 23 heavy (non-hydrogen) atoms. The molecule has 3 N–H and O–H groups in total. The maximum atomic E-state index is 12.2. The summed E-state index contributed by atoms with van der Waals surface area (Å²) in [7, 11) is 0. The van der Waals surface area contributed by atoms with Crippen molar-refractivity contribution < 1.29 is 14.4 Å². The molecule has 1 fully saturated rings. The Morgan fingerprint density at radius 1 is 1.39 bits per heavy atom. The predicted octanol–water partition coefficient (Wildman–Crippen LogP) is 1.48. The molecule has 0 aromatic carbocycles. The lowest BCUT2D eigenvalue weighted by molar-refractivity contribution is -0.120. The summed E-state index contributed by atoms with van der Waals surface area (Å²) in [6.45, 7) is 6.06. The largest absolute Gasteiger partial charge is 0.326 e. The van der Waals surface area contributed by atoms with E-state index in [0.29, 0.717) is 5.82 Å². The molecular weight excluding hydrogens is 298 g/mol. The maximum Gasteiger partial charge on any atom is 0.322 e. The molecule has 0 aliphatic carbocycles. The van der Waals surface area contributed by atoms with Crippen molar-refractivity contribution in [1.29, 1.82) is 0 Å². The Morgan fingerprint density at radius 2 is 2.09 bits per heavy atom. The van der Waals surface area contributed by atoms with Gasteiger partial charge in [0, 0.05) is 12.0 Å². The van der Waals surface area contributed by atoms with Crippen LogP contribution >= 0.6 is 0 Å². The van der Waals surface area contributed by atoms with Gasteiger partial charge < -0.3 is 10.6 Å². The second-order valence-electron chi connectivity index (χ2n) is 5.69. The van der Waals surface area contributed by atoms with Gasteiger partial charge in [-0.15, -0.1) is 0 Å². The summed E-state index contributed by atoms with van der Waals surface area (Å²) < 4.78 is 1.84. The van der Waals surface area contributed by atoms with E-state index < -0.39 is 12.1 Å². The summed E-state index contributed by atoms with van der Waals surface area (Å²) in [4.78, 5) is 34.7. The Labute approximate surface area is 135 Å². The molecule has 0 unspecified atom stereocenters. The van der Waals surface area contributed by atoms with E-state index in [1.807, 2.05) is 11.6 Å². The molecule has 1 aliphatic rings. The summed E-state index contributed by atoms with van der Waals surface area (Å²) >= 11 is 0. The molecule has 1 atom stereocenters. The lowest BCUT2D eigenvalue weighted by Crippen LogP contribution is -2.30. The number of imide groups is 1. The lowest BCUT2D eigenvalue weighted by Gasteiger charge is -2.18. The highest BCUT2D eigenvalue weighted by Gasteiger charge is 2.29. The highest BCUT2D eigenvalue weighted by Crippen LogP contribution is 2.23. The van der Waals surface area contributed by atoms with Crippen LogP contribution in [0.1, 0.15) is 51.1 Å². The van der Waals surface area contributed by atoms with E-state index >= 15 is 0 Å². The van der Waals surface area contributed by atoms with E-state index in [0.717, 1.165) is 18.4 Å². The van der Waals surface area contributed by atoms with Crippen molar-refractivity contribution in [3.63, 3.8) is 0 Å². The molecule has 2 heterocycles. The van der Waals surface area contributed by atoms with Crippen LogP contribution in [0, 0.1) is 6.92 Å². The van der Waals surface area contributed by atoms with Crippen molar-refractivity contribution >= 4 is 23.7 Å². The molecule has 0 bridgehead atoms. The Balaban J connectivity index is 1.96. The zero-order valence-electron chi connectivity index (χ0n) is 13.7. The van der Waals surface area contributed by atoms with Gasteiger partial charge in [-0.3, -0.25) is 14.9 Å². The fraction of sp³-hybridized carbons (Fsp3) is 0.600. The van der Waals surface area contributed by atoms with E-state index in [2.05, 4.69) is 34.9 Å². The summed E-state index contributed by atoms with van der Waals surface area (Å²) in [5.41, 5.74) is 0.900. The number of rotatable bonds is 7. The van der Waals surface area contributed by atoms with Crippen molar-refractivity contribution in [2.24, 2.45) is 0 Å². The monoisotopic (exact) mass is 321 g/mol. The molecule has 0 radical (unpaired) electrons. The Kier molecular flexibility index (Phi) is 5.36. The van der Waals surface area contributed by atoms with Crippen LogP contribution in [0.15, 0.2) is 6.20 Å². The van der Waals surface area contributed by atoms with E-state index in [1.54, 1.807) is 6.20 Å². The average molecular weight is 321 g/mol. The van der Waals surface area contributed by atoms with Gasteiger partial charge in [-0.25, -0.2) is 9.48 Å². The van der Waals surface area contributed by atoms with Gasteiger partial charge in [0.25, 0.3) is 5.91 Å². The third kappa shape index (κ3) is 3.88. The predicted molar refractivity (Wildman–Crippen MR) is 84.9 cm³/mol. The van der Waals surface area contributed by atoms with Gasteiger partial charge in [0.2, 0.25) is 5.91 Å². The number of amides is 4. The molecule has 1 aromatic rings. The second-order valence-corrected chi connectivity index (χ2v) is 5.69. The number of nitrogens with zero attached hydrogens (tertiary/aromatic N) is 2. The third-order valence-electron chi connectivity index (χ3n) is 4.04. The second kappa shape index (κ2) is 7.26. The van der Waals surface area contributed by atoms with Crippen LogP contribution in [-0.2, 0) is 9.59 Å². The molecule has 1 aliphatic heterocycles. The fourth-order valence-electron chi connectivity index (χ4n) is 2.65. The first kappa shape index (κ1) is 17.0. The number of carbonyl (C=O) groups is 3. The molecule has 8 nitrogen and oxygen atoms in total. The van der Waals surface area contributed by atoms with Crippen LogP contribution in [0.3, 0.4) is 0 Å². The molecule has 0 spiro atoms. The van der Waals surface area contributed by atoms with Gasteiger partial charge in [-0.2, -0.15) is 5.10 Å². The molecule has 126 valence electrons. The van der Waals surface area contributed by atoms with Crippen molar-refractivity contribution in [2.75, 3.05) is 5.32 Å². The quantitative estimate of drug-likeness (QED) is 0.661. The number of aromatic nitrogens is 2. The van der Waals surface area contributed by atoms with E-state index in [1.165, 1.54) is 0 Å². The first-order valence-corrected chi connectivity index (χ1v) is 7.91. The molecule has 0 saturated carbocycles. The minimum atomic E-state index is -0.640. The van der Waals surface area contributed by atoms with Crippen LogP contribution < -0.4 is 16.0 Å². The van der Waals surface area contributed by atoms with Gasteiger partial charge >= 0.3 is 6.03 Å². The number of anilines is 1. The minimum Gasteiger partial charge on any atom is -0.326 e. The van der Waals surface area contributed by atoms with Gasteiger partial charge in [0.05, 0.1) is 12.2 Å². The van der Waals surface area contributed by atoms with E-state index in [9.17, 15) is 14.4 Å². The minimum absolute atomic E-state index is 0.145. The van der Waals surface area contributed by atoms with Crippen LogP contribution in [0.4, 0.5) is 10.6 Å². The van der Waals surface area contributed by atoms with Gasteiger partial charge in [-0.05, 0) is 26.2 Å². The Hall–Kier alpha value is -2.38. The molecular formula is C15H23N5O3. The summed E-state index contributed by atoms with van der Waals surface area (Å²) in [6.07, 6.45) is 4.00. The molecule has 2 rings (SSSR count). The van der Waals surface area contributed by atoms with Crippen molar-refractivity contribution in [3.05, 3.63) is 11.8 Å². The van der Waals surface area contributed by atoms with Gasteiger partial charge in [0.15, 0.2) is 0 Å². The maximum absolute atomic E-state index is 12.2. The van der Waals surface area contributed by atoms with Crippen molar-refractivity contribution in [3.8, 4) is 0 Å². The van der Waals surface area contributed by atoms with E-state index in [-0.39, 0.29) is 30.7 Å². The Morgan fingerprint density at radius 3 is 2.65 bits per heavy atom. The summed E-state index contributed by atoms with van der Waals surface area (Å²) in [6, 6.07) is -0.916. The number of hydrogen-bond acceptors (Lipinski definition) is 4. The lowest BCUT2D eigenvalue weighted by atomic mass is 10.1.